The van der Waals surface area contributed by atoms with E-state index in [-0.39, 0.29) is 23.2 Å². The van der Waals surface area contributed by atoms with Crippen LogP contribution < -0.4 is 5.32 Å². The summed E-state index contributed by atoms with van der Waals surface area (Å²) in [5, 5.41) is 23.8. The molecule has 0 saturated carbocycles. The Kier molecular flexibility index (Phi) is 5.62. The van der Waals surface area contributed by atoms with Crippen molar-refractivity contribution in [1.29, 1.82) is 5.26 Å². The molecule has 2 aromatic rings. The van der Waals surface area contributed by atoms with E-state index >= 15 is 0 Å². The first-order valence-electron chi connectivity index (χ1n) is 9.91. The van der Waals surface area contributed by atoms with Crippen molar-refractivity contribution in [2.45, 2.75) is 71.2 Å². The molecule has 5 nitrogen and oxygen atoms in total. The standard InChI is InChI=1S/C24H30N2O3/c1-23(2,3)18-11-15(12-19(20(18)27)24(4,5)6)10-16(13-25)21-22(29-21)26-14-17-8-7-9-28-17/h7-12,21-22,26-27H,14H2,1-6H3/b16-10-. The van der Waals surface area contributed by atoms with Crippen molar-refractivity contribution in [3.8, 4) is 11.8 Å². The minimum Gasteiger partial charge on any atom is -0.507 e. The maximum absolute atomic E-state index is 10.9. The van der Waals surface area contributed by atoms with Gasteiger partial charge in [-0.1, -0.05) is 41.5 Å². The van der Waals surface area contributed by atoms with Gasteiger partial charge < -0.3 is 14.3 Å². The molecule has 0 bridgehead atoms. The molecule has 0 aliphatic carbocycles. The molecule has 1 aromatic carbocycles. The van der Waals surface area contributed by atoms with Crippen LogP contribution in [0.15, 0.2) is 40.5 Å². The Morgan fingerprint density at radius 2 is 1.79 bits per heavy atom. The van der Waals surface area contributed by atoms with Crippen LogP contribution in [0.2, 0.25) is 0 Å². The first kappa shape index (κ1) is 21.2. The van der Waals surface area contributed by atoms with E-state index in [1.54, 1.807) is 6.26 Å². The molecule has 1 saturated heterocycles. The number of phenols is 1. The molecule has 154 valence electrons. The van der Waals surface area contributed by atoms with E-state index in [9.17, 15) is 10.4 Å². The van der Waals surface area contributed by atoms with Crippen LogP contribution in [0.3, 0.4) is 0 Å². The fourth-order valence-electron chi connectivity index (χ4n) is 3.36. The summed E-state index contributed by atoms with van der Waals surface area (Å²) in [6, 6.07) is 9.95. The minimum absolute atomic E-state index is 0.202. The molecule has 0 spiro atoms. The van der Waals surface area contributed by atoms with Gasteiger partial charge in [-0.2, -0.15) is 5.26 Å². The van der Waals surface area contributed by atoms with E-state index in [1.165, 1.54) is 0 Å². The summed E-state index contributed by atoms with van der Waals surface area (Å²) in [4.78, 5) is 0. The average Bonchev–Trinajstić information content (AvgIpc) is 3.19. The normalized spacial score (nSPS) is 19.8. The fraction of sp³-hybridized carbons (Fsp3) is 0.458. The first-order valence-corrected chi connectivity index (χ1v) is 9.91. The van der Waals surface area contributed by atoms with E-state index in [0.29, 0.717) is 17.9 Å². The number of hydrogen-bond acceptors (Lipinski definition) is 5. The molecular formula is C24H30N2O3. The SMILES string of the molecule is CC(C)(C)c1cc(/C=C(/C#N)C2OC2NCc2ccco2)cc(C(C)(C)C)c1O. The van der Waals surface area contributed by atoms with Crippen LogP contribution >= 0.6 is 0 Å². The van der Waals surface area contributed by atoms with Gasteiger partial charge in [0.1, 0.15) is 23.8 Å². The molecule has 1 aromatic heterocycles. The summed E-state index contributed by atoms with van der Waals surface area (Å²) in [5.74, 6) is 1.16. The van der Waals surface area contributed by atoms with Crippen LogP contribution in [0.25, 0.3) is 6.08 Å². The lowest BCUT2D eigenvalue weighted by Crippen LogP contribution is -2.19. The Bertz CT molecular complexity index is 903. The van der Waals surface area contributed by atoms with Gasteiger partial charge in [0.15, 0.2) is 0 Å². The molecule has 1 aliphatic rings. The van der Waals surface area contributed by atoms with Crippen molar-refractivity contribution in [3.05, 3.63) is 58.6 Å². The summed E-state index contributed by atoms with van der Waals surface area (Å²) >= 11 is 0. The molecule has 1 fully saturated rings. The number of ether oxygens (including phenoxy) is 1. The van der Waals surface area contributed by atoms with Crippen molar-refractivity contribution in [3.63, 3.8) is 0 Å². The van der Waals surface area contributed by atoms with E-state index in [1.807, 2.05) is 30.3 Å². The second-order valence-corrected chi connectivity index (χ2v) is 9.61. The van der Waals surface area contributed by atoms with Crippen molar-refractivity contribution in [2.75, 3.05) is 0 Å². The smallest absolute Gasteiger partial charge is 0.141 e. The predicted molar refractivity (Wildman–Crippen MR) is 113 cm³/mol. The van der Waals surface area contributed by atoms with Gasteiger partial charge in [0.2, 0.25) is 0 Å². The van der Waals surface area contributed by atoms with Crippen molar-refractivity contribution in [1.82, 2.24) is 5.32 Å². The zero-order valence-electron chi connectivity index (χ0n) is 18.0. The molecule has 2 N–H and O–H groups in total. The van der Waals surface area contributed by atoms with E-state index in [0.717, 1.165) is 22.5 Å². The summed E-state index contributed by atoms with van der Waals surface area (Å²) in [6.07, 6.45) is 3.02. The van der Waals surface area contributed by atoms with Crippen molar-refractivity contribution >= 4 is 6.08 Å². The maximum atomic E-state index is 10.9. The van der Waals surface area contributed by atoms with Crippen molar-refractivity contribution in [2.24, 2.45) is 0 Å². The van der Waals surface area contributed by atoms with Gasteiger partial charge in [0.05, 0.1) is 24.5 Å². The summed E-state index contributed by atoms with van der Waals surface area (Å²) in [7, 11) is 0. The zero-order valence-corrected chi connectivity index (χ0v) is 18.0. The number of furan rings is 1. The molecule has 2 unspecified atom stereocenters. The summed E-state index contributed by atoms with van der Waals surface area (Å²) < 4.78 is 11.0. The second kappa shape index (κ2) is 7.70. The number of nitriles is 1. The number of benzene rings is 1. The van der Waals surface area contributed by atoms with Gasteiger partial charge in [0.25, 0.3) is 0 Å². The summed E-state index contributed by atoms with van der Waals surface area (Å²) in [5.41, 5.74) is 2.77. The van der Waals surface area contributed by atoms with E-state index in [2.05, 4.69) is 52.9 Å². The number of hydrogen-bond donors (Lipinski definition) is 2. The highest BCUT2D eigenvalue weighted by Crippen LogP contribution is 2.40. The molecule has 1 aliphatic heterocycles. The lowest BCUT2D eigenvalue weighted by atomic mass is 9.78. The van der Waals surface area contributed by atoms with Gasteiger partial charge in [0, 0.05) is 11.1 Å². The highest BCUT2D eigenvalue weighted by Gasteiger charge is 2.42. The highest BCUT2D eigenvalue weighted by atomic mass is 16.6. The average molecular weight is 395 g/mol. The van der Waals surface area contributed by atoms with Crippen molar-refractivity contribution < 1.29 is 14.3 Å². The minimum atomic E-state index is -0.278. The molecular weight excluding hydrogens is 364 g/mol. The van der Waals surface area contributed by atoms with E-state index in [4.69, 9.17) is 9.15 Å². The molecule has 29 heavy (non-hydrogen) atoms. The van der Waals surface area contributed by atoms with Gasteiger partial charge in [-0.3, -0.25) is 5.32 Å². The number of epoxide rings is 1. The third-order valence-electron chi connectivity index (χ3n) is 5.06. The Labute approximate surface area is 173 Å². The molecule has 0 amide bonds. The quantitative estimate of drug-likeness (QED) is 0.551. The van der Waals surface area contributed by atoms with Crippen LogP contribution in [0.4, 0.5) is 0 Å². The van der Waals surface area contributed by atoms with Crippen LogP contribution in [-0.4, -0.2) is 17.4 Å². The number of nitrogens with zero attached hydrogens (tertiary/aromatic N) is 1. The molecule has 3 rings (SSSR count). The topological polar surface area (TPSA) is 81.7 Å². The summed E-state index contributed by atoms with van der Waals surface area (Å²) in [6.45, 7) is 13.0. The Balaban J connectivity index is 1.87. The third-order valence-corrected chi connectivity index (χ3v) is 5.06. The van der Waals surface area contributed by atoms with Crippen LogP contribution in [0, 0.1) is 11.3 Å². The maximum Gasteiger partial charge on any atom is 0.141 e. The highest BCUT2D eigenvalue weighted by molar-refractivity contribution is 5.64. The molecule has 5 heteroatoms. The number of phenolic OH excluding ortho intramolecular Hbond substituents is 1. The molecule has 2 heterocycles. The predicted octanol–water partition coefficient (Wildman–Crippen LogP) is 5.00. The van der Waals surface area contributed by atoms with Gasteiger partial charge in [-0.05, 0) is 46.7 Å². The van der Waals surface area contributed by atoms with Crippen LogP contribution in [0.5, 0.6) is 5.75 Å². The first-order chi connectivity index (χ1) is 13.5. The third kappa shape index (κ3) is 4.90. The Morgan fingerprint density at radius 3 is 2.28 bits per heavy atom. The number of rotatable bonds is 5. The Morgan fingerprint density at radius 1 is 1.17 bits per heavy atom. The molecule has 2 atom stereocenters. The lowest BCUT2D eigenvalue weighted by molar-refractivity contribution is 0.345. The van der Waals surface area contributed by atoms with E-state index < -0.39 is 0 Å². The van der Waals surface area contributed by atoms with Gasteiger partial charge in [-0.15, -0.1) is 0 Å². The number of aromatic hydroxyl groups is 1. The number of nitrogens with one attached hydrogen (secondary N) is 1. The van der Waals surface area contributed by atoms with Gasteiger partial charge >= 0.3 is 0 Å². The zero-order chi connectivity index (χ0) is 21.4. The van der Waals surface area contributed by atoms with Gasteiger partial charge in [-0.25, -0.2) is 0 Å². The van der Waals surface area contributed by atoms with Crippen LogP contribution in [-0.2, 0) is 22.1 Å². The van der Waals surface area contributed by atoms with Crippen LogP contribution in [0.1, 0.15) is 64.0 Å². The Hall–Kier alpha value is -2.55. The largest absolute Gasteiger partial charge is 0.507 e. The monoisotopic (exact) mass is 394 g/mol. The lowest BCUT2D eigenvalue weighted by Gasteiger charge is -2.28. The molecule has 0 radical (unpaired) electrons. The fourth-order valence-corrected chi connectivity index (χ4v) is 3.36. The second-order valence-electron chi connectivity index (χ2n) is 9.61.